The summed E-state index contributed by atoms with van der Waals surface area (Å²) >= 11 is 0. The smallest absolute Gasteiger partial charge is 0.274 e. The number of para-hydroxylation sites is 1. The summed E-state index contributed by atoms with van der Waals surface area (Å²) < 4.78 is 45.9. The van der Waals surface area contributed by atoms with E-state index in [1.807, 2.05) is 13.8 Å². The minimum atomic E-state index is -3.33. The van der Waals surface area contributed by atoms with E-state index in [2.05, 4.69) is 5.10 Å². The highest BCUT2D eigenvalue weighted by Crippen LogP contribution is 2.29. The number of hydrogen-bond acceptors (Lipinski definition) is 5. The fourth-order valence-corrected chi connectivity index (χ4v) is 5.32. The fourth-order valence-electron chi connectivity index (χ4n) is 3.93. The first-order valence-electron chi connectivity index (χ1n) is 9.26. The molecule has 2 unspecified atom stereocenters. The van der Waals surface area contributed by atoms with Crippen molar-refractivity contribution in [3.63, 3.8) is 0 Å². The Hall–Kier alpha value is -2.26. The van der Waals surface area contributed by atoms with Crippen LogP contribution in [0.5, 0.6) is 0 Å². The molecular weight excluding hydrogens is 385 g/mol. The van der Waals surface area contributed by atoms with Crippen molar-refractivity contribution in [1.82, 2.24) is 14.7 Å². The third-order valence-electron chi connectivity index (χ3n) is 5.09. The number of carbonyl (C=O) groups excluding carboxylic acids is 1. The van der Waals surface area contributed by atoms with Gasteiger partial charge in [-0.3, -0.25) is 4.79 Å². The van der Waals surface area contributed by atoms with E-state index in [1.165, 1.54) is 10.7 Å². The van der Waals surface area contributed by atoms with Crippen molar-refractivity contribution in [2.75, 3.05) is 18.8 Å². The molecule has 2 aliphatic rings. The molecule has 2 aliphatic heterocycles. The molecular formula is C19H22FN3O4S. The summed E-state index contributed by atoms with van der Waals surface area (Å²) in [5.41, 5.74) is 1.26. The van der Waals surface area contributed by atoms with Crippen molar-refractivity contribution in [3.8, 4) is 5.69 Å². The molecule has 1 aromatic carbocycles. The first-order valence-corrected chi connectivity index (χ1v) is 11.1. The molecule has 7 nitrogen and oxygen atoms in total. The number of fused-ring (bicyclic) bond motifs is 1. The average molecular weight is 407 g/mol. The predicted octanol–water partition coefficient (Wildman–Crippen LogP) is 1.73. The fraction of sp³-hybridized carbons (Fsp3) is 0.474. The zero-order valence-corrected chi connectivity index (χ0v) is 16.6. The van der Waals surface area contributed by atoms with Gasteiger partial charge in [-0.05, 0) is 26.0 Å². The molecule has 9 heteroatoms. The zero-order valence-electron chi connectivity index (χ0n) is 15.8. The summed E-state index contributed by atoms with van der Waals surface area (Å²) in [7, 11) is -3.33. The molecule has 3 heterocycles. The van der Waals surface area contributed by atoms with Gasteiger partial charge in [-0.15, -0.1) is 0 Å². The number of morpholine rings is 1. The monoisotopic (exact) mass is 407 g/mol. The van der Waals surface area contributed by atoms with E-state index in [0.29, 0.717) is 24.3 Å². The molecule has 0 N–H and O–H groups in total. The van der Waals surface area contributed by atoms with Crippen LogP contribution >= 0.6 is 0 Å². The zero-order chi connectivity index (χ0) is 20.1. The first-order chi connectivity index (χ1) is 13.2. The van der Waals surface area contributed by atoms with Crippen molar-refractivity contribution in [2.45, 2.75) is 38.2 Å². The maximum absolute atomic E-state index is 14.4. The number of halogens is 1. The summed E-state index contributed by atoms with van der Waals surface area (Å²) in [5, 5.41) is 4.39. The number of aromatic nitrogens is 2. The Bertz CT molecular complexity index is 1020. The maximum atomic E-state index is 14.4. The lowest BCUT2D eigenvalue weighted by molar-refractivity contribution is -0.0587. The van der Waals surface area contributed by atoms with E-state index in [0.717, 1.165) is 0 Å². The number of benzene rings is 1. The molecule has 0 saturated carbocycles. The highest BCUT2D eigenvalue weighted by molar-refractivity contribution is 7.90. The summed E-state index contributed by atoms with van der Waals surface area (Å²) in [6.45, 7) is 4.57. The molecule has 2 aromatic rings. The second-order valence-electron chi connectivity index (χ2n) is 7.45. The lowest BCUT2D eigenvalue weighted by Crippen LogP contribution is -2.48. The van der Waals surface area contributed by atoms with Gasteiger partial charge < -0.3 is 9.64 Å². The van der Waals surface area contributed by atoms with Gasteiger partial charge >= 0.3 is 0 Å². The van der Waals surface area contributed by atoms with Crippen LogP contribution in [0.15, 0.2) is 24.3 Å². The first kappa shape index (κ1) is 19.1. The minimum absolute atomic E-state index is 0.0423. The van der Waals surface area contributed by atoms with E-state index >= 15 is 0 Å². The third kappa shape index (κ3) is 3.44. The molecule has 0 bridgehead atoms. The largest absolute Gasteiger partial charge is 0.372 e. The highest BCUT2D eigenvalue weighted by Gasteiger charge is 2.35. The third-order valence-corrected chi connectivity index (χ3v) is 6.65. The Balaban J connectivity index is 1.81. The van der Waals surface area contributed by atoms with Gasteiger partial charge in [-0.25, -0.2) is 17.5 Å². The number of hydrogen-bond donors (Lipinski definition) is 0. The van der Waals surface area contributed by atoms with Gasteiger partial charge in [0.15, 0.2) is 15.5 Å². The van der Waals surface area contributed by atoms with Crippen LogP contribution in [0.3, 0.4) is 0 Å². The maximum Gasteiger partial charge on any atom is 0.274 e. The van der Waals surface area contributed by atoms with E-state index in [4.69, 9.17) is 4.74 Å². The molecule has 0 spiro atoms. The SMILES string of the molecule is CC1CN(C(=O)c2nn(-c3ccccc3F)c3c2CS(=O)(=O)CC3)CC(C)O1. The highest BCUT2D eigenvalue weighted by atomic mass is 32.2. The number of nitrogens with zero attached hydrogens (tertiary/aromatic N) is 3. The summed E-state index contributed by atoms with van der Waals surface area (Å²) in [5.74, 6) is -1.12. The number of amides is 1. The number of carbonyl (C=O) groups is 1. The Kier molecular flexibility index (Phi) is 4.75. The number of rotatable bonds is 2. The minimum Gasteiger partial charge on any atom is -0.372 e. The predicted molar refractivity (Wildman–Crippen MR) is 101 cm³/mol. The molecule has 28 heavy (non-hydrogen) atoms. The normalized spacial score (nSPS) is 24.0. The van der Waals surface area contributed by atoms with Gasteiger partial charge in [0, 0.05) is 25.1 Å². The quantitative estimate of drug-likeness (QED) is 0.757. The molecule has 1 amide bonds. The van der Waals surface area contributed by atoms with E-state index in [1.54, 1.807) is 23.1 Å². The van der Waals surface area contributed by atoms with E-state index in [-0.39, 0.29) is 47.4 Å². The Labute approximate surface area is 163 Å². The summed E-state index contributed by atoms with van der Waals surface area (Å²) in [4.78, 5) is 14.8. The molecule has 1 aromatic heterocycles. The standard InChI is InChI=1S/C19H22FN3O4S/c1-12-9-22(10-13(2)27-12)19(24)18-14-11-28(25,26)8-7-16(14)23(21-18)17-6-4-3-5-15(17)20/h3-6,12-13H,7-11H2,1-2H3. The van der Waals surface area contributed by atoms with Crippen molar-refractivity contribution >= 4 is 15.7 Å². The molecule has 0 radical (unpaired) electrons. The van der Waals surface area contributed by atoms with Crippen LogP contribution < -0.4 is 0 Å². The number of sulfone groups is 1. The van der Waals surface area contributed by atoms with E-state index < -0.39 is 15.7 Å². The summed E-state index contributed by atoms with van der Waals surface area (Å²) in [6, 6.07) is 6.13. The molecule has 0 aliphatic carbocycles. The summed E-state index contributed by atoms with van der Waals surface area (Å²) in [6.07, 6.45) is -0.0517. The molecule has 1 fully saturated rings. The Morgan fingerprint density at radius 2 is 1.89 bits per heavy atom. The second kappa shape index (κ2) is 6.97. The van der Waals surface area contributed by atoms with Crippen molar-refractivity contribution < 1.29 is 22.3 Å². The molecule has 2 atom stereocenters. The van der Waals surface area contributed by atoms with Gasteiger partial charge in [-0.2, -0.15) is 5.10 Å². The molecule has 4 rings (SSSR count). The van der Waals surface area contributed by atoms with Crippen LogP contribution in [0.4, 0.5) is 4.39 Å². The van der Waals surface area contributed by atoms with E-state index in [9.17, 15) is 17.6 Å². The van der Waals surface area contributed by atoms with Gasteiger partial charge in [-0.1, -0.05) is 12.1 Å². The molecule has 1 saturated heterocycles. The van der Waals surface area contributed by atoms with Gasteiger partial charge in [0.25, 0.3) is 5.91 Å². The van der Waals surface area contributed by atoms with Crippen LogP contribution in [0.2, 0.25) is 0 Å². The van der Waals surface area contributed by atoms with Crippen LogP contribution in [0.1, 0.15) is 35.6 Å². The van der Waals surface area contributed by atoms with Crippen LogP contribution in [-0.4, -0.2) is 60.1 Å². The van der Waals surface area contributed by atoms with Crippen molar-refractivity contribution in [3.05, 3.63) is 47.0 Å². The van der Waals surface area contributed by atoms with Crippen molar-refractivity contribution in [2.24, 2.45) is 0 Å². The van der Waals surface area contributed by atoms with Crippen molar-refractivity contribution in [1.29, 1.82) is 0 Å². The Morgan fingerprint density at radius 3 is 2.57 bits per heavy atom. The van der Waals surface area contributed by atoms with Crippen LogP contribution in [0, 0.1) is 5.82 Å². The lowest BCUT2D eigenvalue weighted by Gasteiger charge is -2.35. The van der Waals surface area contributed by atoms with Gasteiger partial charge in [0.05, 0.1) is 29.4 Å². The second-order valence-corrected chi connectivity index (χ2v) is 9.63. The van der Waals surface area contributed by atoms with Gasteiger partial charge in [0.2, 0.25) is 0 Å². The topological polar surface area (TPSA) is 81.5 Å². The molecule has 150 valence electrons. The van der Waals surface area contributed by atoms with Crippen LogP contribution in [0.25, 0.3) is 5.69 Å². The number of ether oxygens (including phenoxy) is 1. The average Bonchev–Trinajstić information content (AvgIpc) is 2.97. The van der Waals surface area contributed by atoms with Gasteiger partial charge in [0.1, 0.15) is 11.5 Å². The Morgan fingerprint density at radius 1 is 1.21 bits per heavy atom. The van der Waals surface area contributed by atoms with Crippen LogP contribution in [-0.2, 0) is 26.7 Å². The lowest BCUT2D eigenvalue weighted by atomic mass is 10.1.